The van der Waals surface area contributed by atoms with Crippen LogP contribution in [0.2, 0.25) is 0 Å². The maximum absolute atomic E-state index is 13.7. The number of rotatable bonds is 6. The number of allylic oxidation sites excluding steroid dienone is 1. The molecule has 1 amide bonds. The highest BCUT2D eigenvalue weighted by Crippen LogP contribution is 2.40. The molecule has 2 aromatic carbocycles. The topological polar surface area (TPSA) is 90.3 Å². The van der Waals surface area contributed by atoms with Gasteiger partial charge in [-0.25, -0.2) is 4.68 Å². The van der Waals surface area contributed by atoms with Gasteiger partial charge in [0.1, 0.15) is 17.5 Å². The van der Waals surface area contributed by atoms with Gasteiger partial charge in [-0.2, -0.15) is 4.98 Å². The lowest BCUT2D eigenvalue weighted by Gasteiger charge is -2.28. The molecule has 5 rings (SSSR count). The Balaban J connectivity index is 1.59. The number of methoxy groups -OCH3 is 2. The number of amides is 1. The van der Waals surface area contributed by atoms with E-state index in [0.717, 1.165) is 21.8 Å². The Morgan fingerprint density at radius 3 is 2.66 bits per heavy atom. The summed E-state index contributed by atoms with van der Waals surface area (Å²) in [5.41, 5.74) is 3.79. The fraction of sp³-hybridized carbons (Fsp3) is 0.192. The zero-order valence-electron chi connectivity index (χ0n) is 19.8. The molecule has 178 valence electrons. The average Bonchev–Trinajstić information content (AvgIpc) is 3.49. The number of thiophene rings is 1. The molecule has 0 saturated heterocycles. The van der Waals surface area contributed by atoms with Crippen LogP contribution < -0.4 is 20.1 Å². The first-order valence-electron chi connectivity index (χ1n) is 11.1. The van der Waals surface area contributed by atoms with E-state index in [1.807, 2.05) is 73.8 Å². The minimum Gasteiger partial charge on any atom is -0.497 e. The number of nitrogens with zero attached hydrogens (tertiary/aromatic N) is 3. The summed E-state index contributed by atoms with van der Waals surface area (Å²) in [5.74, 6) is 2.20. The molecule has 8 nitrogen and oxygen atoms in total. The number of fused-ring (bicyclic) bond motifs is 1. The second-order valence-corrected chi connectivity index (χ2v) is 9.07. The smallest absolute Gasteiger partial charge is 0.256 e. The zero-order chi connectivity index (χ0) is 24.5. The molecule has 0 saturated carbocycles. The van der Waals surface area contributed by atoms with Crippen LogP contribution in [0.1, 0.15) is 23.4 Å². The van der Waals surface area contributed by atoms with E-state index in [1.165, 1.54) is 0 Å². The minimum atomic E-state index is -0.437. The van der Waals surface area contributed by atoms with Gasteiger partial charge in [0.15, 0.2) is 5.82 Å². The molecule has 3 heterocycles. The second kappa shape index (κ2) is 9.27. The Morgan fingerprint density at radius 1 is 1.09 bits per heavy atom. The van der Waals surface area contributed by atoms with Crippen molar-refractivity contribution in [1.82, 2.24) is 14.8 Å². The molecule has 35 heavy (non-hydrogen) atoms. The second-order valence-electron chi connectivity index (χ2n) is 8.12. The summed E-state index contributed by atoms with van der Waals surface area (Å²) in [6, 6.07) is 16.6. The lowest BCUT2D eigenvalue weighted by atomic mass is 9.98. The molecule has 0 fully saturated rings. The van der Waals surface area contributed by atoms with Gasteiger partial charge in [-0.15, -0.1) is 16.4 Å². The molecule has 1 unspecified atom stereocenters. The van der Waals surface area contributed by atoms with Crippen molar-refractivity contribution in [3.8, 4) is 22.9 Å². The van der Waals surface area contributed by atoms with Crippen molar-refractivity contribution in [3.63, 3.8) is 0 Å². The number of hydrogen-bond acceptors (Lipinski definition) is 7. The normalized spacial score (nSPS) is 14.8. The highest BCUT2D eigenvalue weighted by Gasteiger charge is 2.36. The summed E-state index contributed by atoms with van der Waals surface area (Å²) < 4.78 is 12.6. The van der Waals surface area contributed by atoms with Crippen LogP contribution in [0.4, 0.5) is 11.6 Å². The molecular formula is C26H25N5O3S. The van der Waals surface area contributed by atoms with Crippen molar-refractivity contribution in [1.29, 1.82) is 0 Å². The number of anilines is 2. The van der Waals surface area contributed by atoms with Gasteiger partial charge in [0.05, 0.1) is 25.5 Å². The van der Waals surface area contributed by atoms with Gasteiger partial charge in [-0.1, -0.05) is 24.3 Å². The van der Waals surface area contributed by atoms with Crippen molar-refractivity contribution < 1.29 is 14.3 Å². The van der Waals surface area contributed by atoms with Crippen LogP contribution in [0.25, 0.3) is 11.4 Å². The summed E-state index contributed by atoms with van der Waals surface area (Å²) >= 11 is 1.59. The van der Waals surface area contributed by atoms with Crippen molar-refractivity contribution in [2.24, 2.45) is 0 Å². The number of hydrogen-bond donors (Lipinski definition) is 2. The average molecular weight is 488 g/mol. The Morgan fingerprint density at radius 2 is 1.91 bits per heavy atom. The summed E-state index contributed by atoms with van der Waals surface area (Å²) in [6.07, 6.45) is 0. The summed E-state index contributed by atoms with van der Waals surface area (Å²) in [4.78, 5) is 19.5. The van der Waals surface area contributed by atoms with E-state index >= 15 is 0 Å². The fourth-order valence-electron chi connectivity index (χ4n) is 4.17. The Bertz CT molecular complexity index is 1440. The molecule has 9 heteroatoms. The standard InChI is InChI=1S/C26H25N5O3S/c1-15-12-13-35-23(15)22-21(25(32)28-19-10-5-6-11-20(19)34-4)16(2)27-26-29-24(30-31(22)26)17-8-7-9-18(14-17)33-3/h5-14,22H,1-4H3,(H,28,32)(H,27,29,30). The number of benzene rings is 2. The van der Waals surface area contributed by atoms with Gasteiger partial charge in [0.25, 0.3) is 5.91 Å². The predicted molar refractivity (Wildman–Crippen MR) is 137 cm³/mol. The molecule has 0 bridgehead atoms. The summed E-state index contributed by atoms with van der Waals surface area (Å²) in [7, 11) is 3.21. The maximum atomic E-state index is 13.7. The van der Waals surface area contributed by atoms with E-state index in [9.17, 15) is 4.79 Å². The first kappa shape index (κ1) is 22.7. The molecule has 0 spiro atoms. The van der Waals surface area contributed by atoms with E-state index in [1.54, 1.807) is 30.2 Å². The predicted octanol–water partition coefficient (Wildman–Crippen LogP) is 5.26. The van der Waals surface area contributed by atoms with Crippen LogP contribution >= 0.6 is 11.3 Å². The molecule has 1 atom stereocenters. The van der Waals surface area contributed by atoms with Crippen LogP contribution in [0, 0.1) is 6.92 Å². The van der Waals surface area contributed by atoms with Gasteiger partial charge in [0, 0.05) is 16.1 Å². The van der Waals surface area contributed by atoms with Crippen molar-refractivity contribution in [3.05, 3.63) is 81.7 Å². The lowest BCUT2D eigenvalue weighted by Crippen LogP contribution is -2.31. The van der Waals surface area contributed by atoms with Gasteiger partial charge in [-0.05, 0) is 55.1 Å². The van der Waals surface area contributed by atoms with E-state index in [2.05, 4.69) is 10.6 Å². The molecule has 2 aromatic heterocycles. The van der Waals surface area contributed by atoms with Crippen LogP contribution in [-0.4, -0.2) is 34.9 Å². The van der Waals surface area contributed by atoms with Gasteiger partial charge in [0.2, 0.25) is 5.95 Å². The number of carbonyl (C=O) groups is 1. The van der Waals surface area contributed by atoms with Crippen molar-refractivity contribution in [2.45, 2.75) is 19.9 Å². The first-order chi connectivity index (χ1) is 17.0. The Hall–Kier alpha value is -4.11. The molecule has 0 radical (unpaired) electrons. The van der Waals surface area contributed by atoms with Gasteiger partial charge in [-0.3, -0.25) is 4.79 Å². The molecule has 0 aliphatic carbocycles. The number of carbonyl (C=O) groups excluding carboxylic acids is 1. The van der Waals surface area contributed by atoms with Crippen LogP contribution in [0.5, 0.6) is 11.5 Å². The molecule has 1 aliphatic heterocycles. The van der Waals surface area contributed by atoms with Gasteiger partial charge >= 0.3 is 0 Å². The number of nitrogens with one attached hydrogen (secondary N) is 2. The maximum Gasteiger partial charge on any atom is 0.256 e. The third-order valence-electron chi connectivity index (χ3n) is 5.93. The first-order valence-corrected chi connectivity index (χ1v) is 11.9. The summed E-state index contributed by atoms with van der Waals surface area (Å²) in [5, 5.41) is 13.2. The monoisotopic (exact) mass is 487 g/mol. The highest BCUT2D eigenvalue weighted by molar-refractivity contribution is 7.10. The van der Waals surface area contributed by atoms with Gasteiger partial charge < -0.3 is 20.1 Å². The number of aromatic nitrogens is 3. The molecule has 2 N–H and O–H groups in total. The quantitative estimate of drug-likeness (QED) is 0.386. The van der Waals surface area contributed by atoms with Crippen LogP contribution in [0.3, 0.4) is 0 Å². The van der Waals surface area contributed by atoms with E-state index in [-0.39, 0.29) is 5.91 Å². The Labute approximate surface area is 207 Å². The summed E-state index contributed by atoms with van der Waals surface area (Å²) in [6.45, 7) is 3.93. The number of ether oxygens (including phenoxy) is 2. The SMILES string of the molecule is COc1cccc(-c2nc3n(n2)C(c2sccc2C)C(C(=O)Nc2ccccc2OC)=C(C)N3)c1. The lowest BCUT2D eigenvalue weighted by molar-refractivity contribution is -0.113. The van der Waals surface area contributed by atoms with E-state index in [4.69, 9.17) is 19.6 Å². The van der Waals surface area contributed by atoms with E-state index in [0.29, 0.717) is 34.5 Å². The zero-order valence-corrected chi connectivity index (χ0v) is 20.6. The van der Waals surface area contributed by atoms with Crippen LogP contribution in [0.15, 0.2) is 71.2 Å². The largest absolute Gasteiger partial charge is 0.497 e. The molecule has 1 aliphatic rings. The number of para-hydroxylation sites is 2. The molecule has 4 aromatic rings. The highest BCUT2D eigenvalue weighted by atomic mass is 32.1. The third-order valence-corrected chi connectivity index (χ3v) is 7.00. The number of aryl methyl sites for hydroxylation is 1. The minimum absolute atomic E-state index is 0.235. The fourth-order valence-corrected chi connectivity index (χ4v) is 5.19. The Kier molecular flexibility index (Phi) is 6.00. The third kappa shape index (κ3) is 4.15. The van der Waals surface area contributed by atoms with Crippen molar-refractivity contribution >= 4 is 28.9 Å². The molecular weight excluding hydrogens is 462 g/mol. The van der Waals surface area contributed by atoms with Crippen molar-refractivity contribution in [2.75, 3.05) is 24.9 Å². The van der Waals surface area contributed by atoms with E-state index < -0.39 is 6.04 Å². The van der Waals surface area contributed by atoms with Crippen LogP contribution in [-0.2, 0) is 4.79 Å².